The summed E-state index contributed by atoms with van der Waals surface area (Å²) >= 11 is 13.1. The van der Waals surface area contributed by atoms with Gasteiger partial charge in [-0.25, -0.2) is 14.2 Å². The molecule has 1 saturated heterocycles. The van der Waals surface area contributed by atoms with Crippen molar-refractivity contribution >= 4 is 51.6 Å². The highest BCUT2D eigenvalue weighted by Crippen LogP contribution is 2.22. The number of anilines is 2. The average molecular weight is 480 g/mol. The maximum atomic E-state index is 13.3. The van der Waals surface area contributed by atoms with Crippen LogP contribution in [0, 0.1) is 5.82 Å². The lowest BCUT2D eigenvalue weighted by molar-refractivity contribution is 0.215. The molecule has 2 heterocycles. The van der Waals surface area contributed by atoms with Crippen molar-refractivity contribution < 1.29 is 9.18 Å². The van der Waals surface area contributed by atoms with Crippen LogP contribution >= 0.6 is 34.7 Å². The standard InChI is InChI=1S/C21H20Cl2FN5OS/c22-15-4-2-14(3-5-15)12-19-26-21(31-27-19)29-9-1-8-28(10-11-29)20(30)25-16-6-7-18(24)17(23)13-16/h2-7,13H,1,8-12H2,(H,25,30). The first-order valence-electron chi connectivity index (χ1n) is 9.81. The summed E-state index contributed by atoms with van der Waals surface area (Å²) in [6, 6.07) is 11.6. The van der Waals surface area contributed by atoms with Crippen molar-refractivity contribution in [3.05, 3.63) is 69.7 Å². The quantitative estimate of drug-likeness (QED) is 0.549. The zero-order chi connectivity index (χ0) is 21.8. The van der Waals surface area contributed by atoms with E-state index in [4.69, 9.17) is 23.2 Å². The molecule has 2 aromatic carbocycles. The van der Waals surface area contributed by atoms with Crippen molar-refractivity contribution in [1.29, 1.82) is 0 Å². The van der Waals surface area contributed by atoms with Crippen molar-refractivity contribution in [1.82, 2.24) is 14.3 Å². The van der Waals surface area contributed by atoms with Gasteiger partial charge < -0.3 is 15.1 Å². The maximum absolute atomic E-state index is 13.3. The van der Waals surface area contributed by atoms with Crippen LogP contribution < -0.4 is 10.2 Å². The number of amides is 2. The van der Waals surface area contributed by atoms with Crippen LogP contribution in [0.4, 0.5) is 20.0 Å². The number of nitrogens with one attached hydrogen (secondary N) is 1. The van der Waals surface area contributed by atoms with Gasteiger partial charge in [-0.05, 0) is 42.3 Å². The van der Waals surface area contributed by atoms with Crippen molar-refractivity contribution in [2.75, 3.05) is 36.4 Å². The predicted molar refractivity (Wildman–Crippen MR) is 123 cm³/mol. The van der Waals surface area contributed by atoms with Gasteiger partial charge in [0.15, 0.2) is 0 Å². The van der Waals surface area contributed by atoms with Gasteiger partial charge in [-0.2, -0.15) is 4.37 Å². The molecule has 0 bridgehead atoms. The number of hydrogen-bond donors (Lipinski definition) is 1. The van der Waals surface area contributed by atoms with Gasteiger partial charge in [0.1, 0.15) is 11.6 Å². The van der Waals surface area contributed by atoms with Crippen LogP contribution in [-0.4, -0.2) is 46.5 Å². The highest BCUT2D eigenvalue weighted by Gasteiger charge is 2.21. The second-order valence-electron chi connectivity index (χ2n) is 7.18. The fraction of sp³-hybridized carbons (Fsp3) is 0.286. The molecule has 31 heavy (non-hydrogen) atoms. The molecule has 10 heteroatoms. The van der Waals surface area contributed by atoms with Crippen LogP contribution in [-0.2, 0) is 6.42 Å². The summed E-state index contributed by atoms with van der Waals surface area (Å²) in [6.45, 7) is 2.62. The van der Waals surface area contributed by atoms with Gasteiger partial charge in [0.2, 0.25) is 5.13 Å². The van der Waals surface area contributed by atoms with Gasteiger partial charge in [-0.3, -0.25) is 0 Å². The highest BCUT2D eigenvalue weighted by atomic mass is 35.5. The third-order valence-electron chi connectivity index (χ3n) is 4.96. The molecule has 0 spiro atoms. The molecule has 0 radical (unpaired) electrons. The molecule has 6 nitrogen and oxygen atoms in total. The maximum Gasteiger partial charge on any atom is 0.321 e. The second-order valence-corrected chi connectivity index (χ2v) is 8.76. The van der Waals surface area contributed by atoms with Crippen LogP contribution in [0.2, 0.25) is 10.0 Å². The molecule has 1 N–H and O–H groups in total. The Bertz CT molecular complexity index is 1060. The fourth-order valence-electron chi connectivity index (χ4n) is 3.32. The number of urea groups is 1. The molecule has 1 aliphatic rings. The molecule has 1 aromatic heterocycles. The number of carbonyl (C=O) groups is 1. The van der Waals surface area contributed by atoms with Crippen molar-refractivity contribution in [2.45, 2.75) is 12.8 Å². The van der Waals surface area contributed by atoms with Crippen LogP contribution in [0.25, 0.3) is 0 Å². The van der Waals surface area contributed by atoms with E-state index in [9.17, 15) is 9.18 Å². The minimum absolute atomic E-state index is 0.0227. The summed E-state index contributed by atoms with van der Waals surface area (Å²) in [6.07, 6.45) is 1.46. The van der Waals surface area contributed by atoms with Crippen LogP contribution in [0.5, 0.6) is 0 Å². The molecular weight excluding hydrogens is 460 g/mol. The van der Waals surface area contributed by atoms with Gasteiger partial charge >= 0.3 is 6.03 Å². The zero-order valence-corrected chi connectivity index (χ0v) is 18.9. The number of halogens is 3. The average Bonchev–Trinajstić information content (AvgIpc) is 3.07. The van der Waals surface area contributed by atoms with E-state index in [1.54, 1.807) is 4.90 Å². The Morgan fingerprint density at radius 1 is 1.10 bits per heavy atom. The second kappa shape index (κ2) is 9.80. The Labute approximate surface area is 193 Å². The summed E-state index contributed by atoms with van der Waals surface area (Å²) in [5.74, 6) is 0.256. The molecule has 0 unspecified atom stereocenters. The summed E-state index contributed by atoms with van der Waals surface area (Å²) in [7, 11) is 0. The molecular formula is C21H20Cl2FN5OS. The summed E-state index contributed by atoms with van der Waals surface area (Å²) < 4.78 is 17.8. The Hall–Kier alpha value is -2.42. The van der Waals surface area contributed by atoms with Crippen LogP contribution in [0.1, 0.15) is 17.8 Å². The SMILES string of the molecule is O=C(Nc1ccc(F)c(Cl)c1)N1CCCN(c2nc(Cc3ccc(Cl)cc3)ns2)CC1. The monoisotopic (exact) mass is 479 g/mol. The van der Waals surface area contributed by atoms with Crippen LogP contribution in [0.15, 0.2) is 42.5 Å². The molecule has 2 amide bonds. The van der Waals surface area contributed by atoms with Gasteiger partial charge in [0.25, 0.3) is 0 Å². The molecule has 1 aliphatic heterocycles. The van der Waals surface area contributed by atoms with E-state index < -0.39 is 5.82 Å². The van der Waals surface area contributed by atoms with E-state index in [1.807, 2.05) is 24.3 Å². The number of benzene rings is 2. The predicted octanol–water partition coefficient (Wildman–Crippen LogP) is 5.32. The lowest BCUT2D eigenvalue weighted by Gasteiger charge is -2.22. The number of hydrogen-bond acceptors (Lipinski definition) is 5. The molecule has 0 aliphatic carbocycles. The van der Waals surface area contributed by atoms with E-state index in [0.29, 0.717) is 36.8 Å². The van der Waals surface area contributed by atoms with E-state index in [-0.39, 0.29) is 11.1 Å². The number of rotatable bonds is 4. The smallest absolute Gasteiger partial charge is 0.321 e. The van der Waals surface area contributed by atoms with E-state index in [0.717, 1.165) is 29.5 Å². The zero-order valence-electron chi connectivity index (χ0n) is 16.5. The van der Waals surface area contributed by atoms with Crippen molar-refractivity contribution in [3.8, 4) is 0 Å². The molecule has 3 aromatic rings. The Morgan fingerprint density at radius 2 is 1.90 bits per heavy atom. The first-order valence-corrected chi connectivity index (χ1v) is 11.3. The first-order chi connectivity index (χ1) is 15.0. The summed E-state index contributed by atoms with van der Waals surface area (Å²) in [5.41, 5.74) is 1.57. The first kappa shape index (κ1) is 21.8. The number of aromatic nitrogens is 2. The fourth-order valence-corrected chi connectivity index (χ4v) is 4.36. The number of nitrogens with zero attached hydrogens (tertiary/aromatic N) is 4. The van der Waals surface area contributed by atoms with E-state index in [2.05, 4.69) is 19.6 Å². The minimum atomic E-state index is -0.516. The third-order valence-corrected chi connectivity index (χ3v) is 6.31. The Morgan fingerprint density at radius 3 is 2.68 bits per heavy atom. The van der Waals surface area contributed by atoms with Gasteiger partial charge in [0, 0.05) is 54.8 Å². The normalized spacial score (nSPS) is 14.4. The molecule has 162 valence electrons. The Balaban J connectivity index is 1.34. The lowest BCUT2D eigenvalue weighted by atomic mass is 10.1. The van der Waals surface area contributed by atoms with Crippen molar-refractivity contribution in [3.63, 3.8) is 0 Å². The minimum Gasteiger partial charge on any atom is -0.345 e. The molecule has 4 rings (SSSR count). The largest absolute Gasteiger partial charge is 0.345 e. The third kappa shape index (κ3) is 5.64. The molecule has 1 fully saturated rings. The molecule has 0 saturated carbocycles. The van der Waals surface area contributed by atoms with E-state index in [1.165, 1.54) is 29.7 Å². The summed E-state index contributed by atoms with van der Waals surface area (Å²) in [5, 5.41) is 4.32. The highest BCUT2D eigenvalue weighted by molar-refractivity contribution is 7.09. The topological polar surface area (TPSA) is 61.4 Å². The van der Waals surface area contributed by atoms with Gasteiger partial charge in [-0.1, -0.05) is 35.3 Å². The van der Waals surface area contributed by atoms with Gasteiger partial charge in [0.05, 0.1) is 5.02 Å². The number of carbonyl (C=O) groups excluding carboxylic acids is 1. The van der Waals surface area contributed by atoms with E-state index >= 15 is 0 Å². The van der Waals surface area contributed by atoms with Crippen LogP contribution in [0.3, 0.4) is 0 Å². The lowest BCUT2D eigenvalue weighted by Crippen LogP contribution is -2.38. The molecule has 0 atom stereocenters. The van der Waals surface area contributed by atoms with Gasteiger partial charge in [-0.15, -0.1) is 0 Å². The van der Waals surface area contributed by atoms with Crippen molar-refractivity contribution in [2.24, 2.45) is 0 Å². The Kier molecular flexibility index (Phi) is 6.89. The summed E-state index contributed by atoms with van der Waals surface area (Å²) in [4.78, 5) is 21.2.